The Labute approximate surface area is 116 Å². The van der Waals surface area contributed by atoms with Crippen molar-refractivity contribution in [2.75, 3.05) is 0 Å². The number of benzene rings is 1. The van der Waals surface area contributed by atoms with Crippen LogP contribution in [0.4, 0.5) is 0 Å². The lowest BCUT2D eigenvalue weighted by Crippen LogP contribution is -1.86. The van der Waals surface area contributed by atoms with Crippen LogP contribution in [0.25, 0.3) is 12.2 Å². The molecule has 18 heavy (non-hydrogen) atoms. The van der Waals surface area contributed by atoms with E-state index in [0.29, 0.717) is 0 Å². The molecule has 0 amide bonds. The Bertz CT molecular complexity index is 407. The molecule has 0 fully saturated rings. The average molecular weight is 291 g/mol. The van der Waals surface area contributed by atoms with Crippen LogP contribution >= 0.6 is 24.8 Å². The van der Waals surface area contributed by atoms with Crippen LogP contribution in [0.3, 0.4) is 0 Å². The maximum absolute atomic E-state index is 10.3. The normalized spacial score (nSPS) is 9.78. The molecule has 4 nitrogen and oxygen atoms in total. The largest absolute Gasteiger partial charge is 0.478 e. The predicted molar refractivity (Wildman–Crippen MR) is 74.3 cm³/mol. The summed E-state index contributed by atoms with van der Waals surface area (Å²) < 4.78 is 0. The summed E-state index contributed by atoms with van der Waals surface area (Å²) in [6, 6.07) is 6.84. The Morgan fingerprint density at radius 3 is 1.28 bits per heavy atom. The van der Waals surface area contributed by atoms with Crippen LogP contribution < -0.4 is 0 Å². The number of carboxylic acid groups (broad SMARTS) is 2. The lowest BCUT2D eigenvalue weighted by atomic mass is 10.1. The van der Waals surface area contributed by atoms with Crippen molar-refractivity contribution in [1.82, 2.24) is 0 Å². The van der Waals surface area contributed by atoms with Gasteiger partial charge >= 0.3 is 11.9 Å². The van der Waals surface area contributed by atoms with E-state index in [4.69, 9.17) is 10.2 Å². The van der Waals surface area contributed by atoms with Crippen molar-refractivity contribution in [3.63, 3.8) is 0 Å². The molecule has 0 spiro atoms. The number of carbonyl (C=O) groups is 2. The maximum atomic E-state index is 10.3. The Balaban J connectivity index is 0. The van der Waals surface area contributed by atoms with Crippen molar-refractivity contribution in [1.29, 1.82) is 0 Å². The van der Waals surface area contributed by atoms with Gasteiger partial charge in [0.2, 0.25) is 0 Å². The van der Waals surface area contributed by atoms with Gasteiger partial charge in [-0.3, -0.25) is 0 Å². The van der Waals surface area contributed by atoms with Gasteiger partial charge in [0, 0.05) is 12.2 Å². The first-order chi connectivity index (χ1) is 7.58. The van der Waals surface area contributed by atoms with Gasteiger partial charge in [0.25, 0.3) is 0 Å². The Morgan fingerprint density at radius 2 is 1.06 bits per heavy atom. The summed E-state index contributed by atoms with van der Waals surface area (Å²) in [5.74, 6) is -2.01. The molecule has 98 valence electrons. The summed E-state index contributed by atoms with van der Waals surface area (Å²) in [5, 5.41) is 16.8. The Kier molecular flexibility index (Phi) is 9.57. The molecular weight excluding hydrogens is 279 g/mol. The van der Waals surface area contributed by atoms with Gasteiger partial charge in [-0.25, -0.2) is 9.59 Å². The van der Waals surface area contributed by atoms with Crippen molar-refractivity contribution in [3.8, 4) is 0 Å². The van der Waals surface area contributed by atoms with Crippen molar-refractivity contribution in [2.45, 2.75) is 0 Å². The standard InChI is InChI=1S/C12H10O4.2ClH/c13-11(14)7-5-9-1-2-10(4-3-9)6-8-12(15)16;;/h1-8H,(H,13,14)(H,15,16);2*1H. The smallest absolute Gasteiger partial charge is 0.328 e. The van der Waals surface area contributed by atoms with Crippen LogP contribution in [-0.4, -0.2) is 22.2 Å². The fourth-order valence-electron chi connectivity index (χ4n) is 1.05. The third-order valence-electron chi connectivity index (χ3n) is 1.77. The molecule has 1 rings (SSSR count). The Hall–Kier alpha value is -1.78. The average Bonchev–Trinajstić information content (AvgIpc) is 2.25. The van der Waals surface area contributed by atoms with E-state index < -0.39 is 11.9 Å². The van der Waals surface area contributed by atoms with Gasteiger partial charge in [-0.1, -0.05) is 24.3 Å². The molecule has 1 aromatic carbocycles. The zero-order chi connectivity index (χ0) is 12.0. The first kappa shape index (κ1) is 18.6. The quantitative estimate of drug-likeness (QED) is 0.836. The molecule has 0 saturated heterocycles. The minimum absolute atomic E-state index is 0. The highest BCUT2D eigenvalue weighted by atomic mass is 35.5. The molecule has 0 saturated carbocycles. The van der Waals surface area contributed by atoms with E-state index in [9.17, 15) is 9.59 Å². The number of hydrogen-bond acceptors (Lipinski definition) is 2. The summed E-state index contributed by atoms with van der Waals surface area (Å²) in [6.45, 7) is 0. The molecule has 0 aliphatic carbocycles. The van der Waals surface area contributed by atoms with E-state index in [-0.39, 0.29) is 24.8 Å². The van der Waals surface area contributed by atoms with Gasteiger partial charge in [-0.2, -0.15) is 0 Å². The highest BCUT2D eigenvalue weighted by Crippen LogP contribution is 2.07. The summed E-state index contributed by atoms with van der Waals surface area (Å²) in [4.78, 5) is 20.5. The van der Waals surface area contributed by atoms with Crippen molar-refractivity contribution < 1.29 is 19.8 Å². The molecule has 0 bridgehead atoms. The van der Waals surface area contributed by atoms with Crippen molar-refractivity contribution in [3.05, 3.63) is 47.5 Å². The predicted octanol–water partition coefficient (Wildman–Crippen LogP) is 2.73. The molecule has 0 aliphatic rings. The molecule has 0 aliphatic heterocycles. The zero-order valence-electron chi connectivity index (χ0n) is 9.15. The number of halogens is 2. The lowest BCUT2D eigenvalue weighted by Gasteiger charge is -1.94. The van der Waals surface area contributed by atoms with Gasteiger partial charge in [0.1, 0.15) is 0 Å². The fraction of sp³-hybridized carbons (Fsp3) is 0. The number of carboxylic acids is 2. The molecule has 1 aromatic rings. The highest BCUT2D eigenvalue weighted by molar-refractivity contribution is 5.86. The minimum Gasteiger partial charge on any atom is -0.478 e. The van der Waals surface area contributed by atoms with Crippen LogP contribution in [0, 0.1) is 0 Å². The van der Waals surface area contributed by atoms with E-state index in [2.05, 4.69) is 0 Å². The van der Waals surface area contributed by atoms with Gasteiger partial charge in [-0.15, -0.1) is 24.8 Å². The van der Waals surface area contributed by atoms with E-state index in [1.165, 1.54) is 12.2 Å². The van der Waals surface area contributed by atoms with Crippen molar-refractivity contribution >= 4 is 48.9 Å². The third-order valence-corrected chi connectivity index (χ3v) is 1.77. The van der Waals surface area contributed by atoms with Crippen LogP contribution in [0.15, 0.2) is 36.4 Å². The lowest BCUT2D eigenvalue weighted by molar-refractivity contribution is -0.132. The second-order valence-corrected chi connectivity index (χ2v) is 3.01. The van der Waals surface area contributed by atoms with Gasteiger partial charge in [0.15, 0.2) is 0 Å². The minimum atomic E-state index is -1.00. The van der Waals surface area contributed by atoms with Gasteiger partial charge in [-0.05, 0) is 23.3 Å². The second kappa shape index (κ2) is 9.27. The van der Waals surface area contributed by atoms with Crippen LogP contribution in [0.5, 0.6) is 0 Å². The SMILES string of the molecule is Cl.Cl.O=C(O)C=Cc1ccc(C=CC(=O)O)cc1. The van der Waals surface area contributed by atoms with E-state index >= 15 is 0 Å². The molecule has 0 unspecified atom stereocenters. The monoisotopic (exact) mass is 290 g/mol. The third kappa shape index (κ3) is 7.49. The first-order valence-corrected chi connectivity index (χ1v) is 4.50. The first-order valence-electron chi connectivity index (χ1n) is 4.50. The van der Waals surface area contributed by atoms with E-state index in [1.54, 1.807) is 24.3 Å². The van der Waals surface area contributed by atoms with E-state index in [1.807, 2.05) is 0 Å². The topological polar surface area (TPSA) is 74.6 Å². The summed E-state index contributed by atoms with van der Waals surface area (Å²) in [7, 11) is 0. The van der Waals surface area contributed by atoms with Gasteiger partial charge in [0.05, 0.1) is 0 Å². The number of rotatable bonds is 4. The van der Waals surface area contributed by atoms with Gasteiger partial charge < -0.3 is 10.2 Å². The van der Waals surface area contributed by atoms with Crippen LogP contribution in [-0.2, 0) is 9.59 Å². The van der Waals surface area contributed by atoms with Crippen LogP contribution in [0.1, 0.15) is 11.1 Å². The van der Waals surface area contributed by atoms with Crippen molar-refractivity contribution in [2.24, 2.45) is 0 Å². The Morgan fingerprint density at radius 1 is 0.778 bits per heavy atom. The van der Waals surface area contributed by atoms with E-state index in [0.717, 1.165) is 23.3 Å². The summed E-state index contributed by atoms with van der Waals surface area (Å²) >= 11 is 0. The highest BCUT2D eigenvalue weighted by Gasteiger charge is 1.91. The number of aliphatic carboxylic acids is 2. The molecule has 0 atom stereocenters. The molecular formula is C12H12Cl2O4. The zero-order valence-corrected chi connectivity index (χ0v) is 10.8. The molecule has 0 heterocycles. The summed E-state index contributed by atoms with van der Waals surface area (Å²) in [5.41, 5.74) is 1.49. The molecule has 2 N–H and O–H groups in total. The second-order valence-electron chi connectivity index (χ2n) is 3.01. The maximum Gasteiger partial charge on any atom is 0.328 e. The fourth-order valence-corrected chi connectivity index (χ4v) is 1.05. The molecule has 6 heteroatoms. The van der Waals surface area contributed by atoms with Crippen LogP contribution in [0.2, 0.25) is 0 Å². The molecule has 0 aromatic heterocycles. The number of hydrogen-bond donors (Lipinski definition) is 2. The summed E-state index contributed by atoms with van der Waals surface area (Å²) in [6.07, 6.45) is 5.02. The molecule has 0 radical (unpaired) electrons.